The van der Waals surface area contributed by atoms with E-state index in [0.29, 0.717) is 12.1 Å². The second kappa shape index (κ2) is 10.3. The van der Waals surface area contributed by atoms with Gasteiger partial charge >= 0.3 is 0 Å². The number of carbonyl (C=O) groups is 2. The fraction of sp³-hybridized carbons (Fsp3) is 0.417. The monoisotopic (exact) mass is 439 g/mol. The van der Waals surface area contributed by atoms with E-state index in [9.17, 15) is 9.59 Å². The number of hydrogen-bond donors (Lipinski definition) is 2. The predicted octanol–water partition coefficient (Wildman–Crippen LogP) is 3.66. The highest BCUT2D eigenvalue weighted by molar-refractivity contribution is 7.99. The van der Waals surface area contributed by atoms with Crippen LogP contribution in [0, 0.1) is 0 Å². The molecule has 4 rings (SSSR count). The number of ether oxygens (including phenoxy) is 1. The minimum absolute atomic E-state index is 0.122. The molecule has 2 unspecified atom stereocenters. The van der Waals surface area contributed by atoms with Crippen LogP contribution in [0.1, 0.15) is 41.6 Å². The van der Waals surface area contributed by atoms with Crippen molar-refractivity contribution in [3.63, 3.8) is 0 Å². The summed E-state index contributed by atoms with van der Waals surface area (Å²) in [4.78, 5) is 27.7. The van der Waals surface area contributed by atoms with Crippen molar-refractivity contribution < 1.29 is 14.3 Å². The summed E-state index contributed by atoms with van der Waals surface area (Å²) in [5, 5.41) is 3.03. The lowest BCUT2D eigenvalue weighted by Gasteiger charge is -2.22. The first-order chi connectivity index (χ1) is 15.1. The van der Waals surface area contributed by atoms with Crippen LogP contribution in [0.2, 0.25) is 0 Å². The first-order valence-corrected chi connectivity index (χ1v) is 11.9. The van der Waals surface area contributed by atoms with Crippen molar-refractivity contribution in [2.24, 2.45) is 5.73 Å². The average Bonchev–Trinajstić information content (AvgIpc) is 3.45. The molecule has 0 aromatic heterocycles. The van der Waals surface area contributed by atoms with Crippen molar-refractivity contribution in [2.75, 3.05) is 24.2 Å². The number of nitrogens with one attached hydrogen (secondary N) is 1. The second-order valence-corrected chi connectivity index (χ2v) is 9.19. The van der Waals surface area contributed by atoms with Crippen LogP contribution < -0.4 is 11.1 Å². The van der Waals surface area contributed by atoms with Crippen molar-refractivity contribution in [3.05, 3.63) is 59.7 Å². The SMILES string of the molecule is NC(=O)C1CCCN1Cc1cccc(NC(=O)c2ccccc2SCC2CCCO2)c1. The van der Waals surface area contributed by atoms with Gasteiger partial charge in [0.2, 0.25) is 5.91 Å². The summed E-state index contributed by atoms with van der Waals surface area (Å²) in [6.07, 6.45) is 4.26. The van der Waals surface area contributed by atoms with Gasteiger partial charge < -0.3 is 15.8 Å². The fourth-order valence-electron chi connectivity index (χ4n) is 4.26. The van der Waals surface area contributed by atoms with Gasteiger partial charge in [0.15, 0.2) is 0 Å². The van der Waals surface area contributed by atoms with Crippen LogP contribution in [0.25, 0.3) is 0 Å². The first kappa shape index (κ1) is 21.9. The summed E-state index contributed by atoms with van der Waals surface area (Å²) in [6.45, 7) is 2.34. The zero-order valence-electron chi connectivity index (χ0n) is 17.6. The maximum Gasteiger partial charge on any atom is 0.256 e. The van der Waals surface area contributed by atoms with Gasteiger partial charge in [-0.25, -0.2) is 0 Å². The number of primary amides is 1. The molecule has 2 aliphatic heterocycles. The summed E-state index contributed by atoms with van der Waals surface area (Å²) in [6, 6.07) is 15.3. The van der Waals surface area contributed by atoms with E-state index in [1.165, 1.54) is 0 Å². The van der Waals surface area contributed by atoms with Crippen LogP contribution in [0.4, 0.5) is 5.69 Å². The summed E-state index contributed by atoms with van der Waals surface area (Å²) in [7, 11) is 0. The van der Waals surface area contributed by atoms with Crippen molar-refractivity contribution >= 4 is 29.3 Å². The Morgan fingerprint density at radius 3 is 2.81 bits per heavy atom. The average molecular weight is 440 g/mol. The third kappa shape index (κ3) is 5.67. The molecule has 164 valence electrons. The van der Waals surface area contributed by atoms with Gasteiger partial charge in [-0.2, -0.15) is 0 Å². The number of amides is 2. The smallest absolute Gasteiger partial charge is 0.256 e. The number of hydrogen-bond acceptors (Lipinski definition) is 5. The zero-order valence-corrected chi connectivity index (χ0v) is 18.4. The molecule has 2 heterocycles. The van der Waals surface area contributed by atoms with Crippen LogP contribution in [-0.2, 0) is 16.1 Å². The van der Waals surface area contributed by atoms with E-state index >= 15 is 0 Å². The number of carbonyl (C=O) groups excluding carboxylic acids is 2. The summed E-state index contributed by atoms with van der Waals surface area (Å²) in [5.74, 6) is 0.472. The van der Waals surface area contributed by atoms with Gasteiger partial charge in [-0.3, -0.25) is 14.5 Å². The molecule has 0 radical (unpaired) electrons. The molecule has 3 N–H and O–H groups in total. The van der Waals surface area contributed by atoms with Gasteiger partial charge in [0.1, 0.15) is 0 Å². The van der Waals surface area contributed by atoms with E-state index < -0.39 is 0 Å². The Hall–Kier alpha value is -2.35. The quantitative estimate of drug-likeness (QED) is 0.613. The number of anilines is 1. The van der Waals surface area contributed by atoms with E-state index in [0.717, 1.165) is 60.7 Å². The van der Waals surface area contributed by atoms with Gasteiger partial charge in [0, 0.05) is 29.5 Å². The Bertz CT molecular complexity index is 930. The maximum atomic E-state index is 13.0. The highest BCUT2D eigenvalue weighted by Crippen LogP contribution is 2.28. The molecule has 31 heavy (non-hydrogen) atoms. The summed E-state index contributed by atoms with van der Waals surface area (Å²) in [5.41, 5.74) is 8.00. The summed E-state index contributed by atoms with van der Waals surface area (Å²) >= 11 is 1.67. The van der Waals surface area contributed by atoms with Gasteiger partial charge in [-0.05, 0) is 62.1 Å². The molecule has 7 heteroatoms. The van der Waals surface area contributed by atoms with Gasteiger partial charge in [0.05, 0.1) is 17.7 Å². The number of benzene rings is 2. The maximum absolute atomic E-state index is 13.0. The van der Waals surface area contributed by atoms with Crippen molar-refractivity contribution in [1.29, 1.82) is 0 Å². The molecular formula is C24H29N3O3S. The van der Waals surface area contributed by atoms with Crippen LogP contribution >= 0.6 is 11.8 Å². The first-order valence-electron chi connectivity index (χ1n) is 10.9. The lowest BCUT2D eigenvalue weighted by molar-refractivity contribution is -0.122. The Morgan fingerprint density at radius 2 is 2.00 bits per heavy atom. The zero-order chi connectivity index (χ0) is 21.6. The second-order valence-electron chi connectivity index (χ2n) is 8.13. The van der Waals surface area contributed by atoms with E-state index in [1.54, 1.807) is 11.8 Å². The Morgan fingerprint density at radius 1 is 1.13 bits per heavy atom. The molecular weight excluding hydrogens is 410 g/mol. The minimum Gasteiger partial charge on any atom is -0.377 e. The highest BCUT2D eigenvalue weighted by Gasteiger charge is 2.28. The lowest BCUT2D eigenvalue weighted by Crippen LogP contribution is -2.39. The Kier molecular flexibility index (Phi) is 7.27. The van der Waals surface area contributed by atoms with Crippen LogP contribution in [-0.4, -0.2) is 47.8 Å². The van der Waals surface area contributed by atoms with Crippen molar-refractivity contribution in [1.82, 2.24) is 4.90 Å². The molecule has 2 aliphatic rings. The molecule has 2 aromatic rings. The molecule has 0 spiro atoms. The van der Waals surface area contributed by atoms with Crippen molar-refractivity contribution in [2.45, 2.75) is 49.3 Å². The van der Waals surface area contributed by atoms with Crippen LogP contribution in [0.5, 0.6) is 0 Å². The van der Waals surface area contributed by atoms with E-state index in [4.69, 9.17) is 10.5 Å². The minimum atomic E-state index is -0.265. The highest BCUT2D eigenvalue weighted by atomic mass is 32.2. The third-order valence-electron chi connectivity index (χ3n) is 5.84. The number of nitrogens with two attached hydrogens (primary N) is 1. The standard InChI is InChI=1S/C24H29N3O3S/c25-23(28)21-10-4-12-27(21)15-17-6-3-7-18(14-17)26-24(29)20-9-1-2-11-22(20)31-16-19-8-5-13-30-19/h1-3,6-7,9,11,14,19,21H,4-5,8,10,12-13,15-16H2,(H2,25,28)(H,26,29). The number of thioether (sulfide) groups is 1. The molecule has 0 bridgehead atoms. The molecule has 2 saturated heterocycles. The van der Waals surface area contributed by atoms with E-state index in [-0.39, 0.29) is 24.0 Å². The molecule has 2 amide bonds. The number of rotatable bonds is 8. The Labute approximate surface area is 187 Å². The Balaban J connectivity index is 1.41. The normalized spacial score (nSPS) is 21.3. The van der Waals surface area contributed by atoms with Gasteiger partial charge in [-0.15, -0.1) is 11.8 Å². The molecule has 2 aromatic carbocycles. The number of nitrogens with zero attached hydrogens (tertiary/aromatic N) is 1. The molecule has 0 aliphatic carbocycles. The van der Waals surface area contributed by atoms with Gasteiger partial charge in [0.25, 0.3) is 5.91 Å². The number of likely N-dealkylation sites (tertiary alicyclic amines) is 1. The predicted molar refractivity (Wildman–Crippen MR) is 123 cm³/mol. The largest absolute Gasteiger partial charge is 0.377 e. The molecule has 6 nitrogen and oxygen atoms in total. The fourth-order valence-corrected chi connectivity index (χ4v) is 5.38. The van der Waals surface area contributed by atoms with Crippen LogP contribution in [0.3, 0.4) is 0 Å². The topological polar surface area (TPSA) is 84.7 Å². The van der Waals surface area contributed by atoms with Crippen molar-refractivity contribution in [3.8, 4) is 0 Å². The molecule has 2 atom stereocenters. The van der Waals surface area contributed by atoms with Gasteiger partial charge in [-0.1, -0.05) is 24.3 Å². The van der Waals surface area contributed by atoms with E-state index in [2.05, 4.69) is 10.2 Å². The lowest BCUT2D eigenvalue weighted by atomic mass is 10.1. The van der Waals surface area contributed by atoms with E-state index in [1.807, 2.05) is 48.5 Å². The molecule has 2 fully saturated rings. The third-order valence-corrected chi connectivity index (χ3v) is 7.05. The van der Waals surface area contributed by atoms with Crippen LogP contribution in [0.15, 0.2) is 53.4 Å². The molecule has 0 saturated carbocycles. The summed E-state index contributed by atoms with van der Waals surface area (Å²) < 4.78 is 5.71.